The highest BCUT2D eigenvalue weighted by Gasteiger charge is 2.50. The summed E-state index contributed by atoms with van der Waals surface area (Å²) >= 11 is 0. The fourth-order valence-electron chi connectivity index (χ4n) is 4.88. The van der Waals surface area contributed by atoms with E-state index in [-0.39, 0.29) is 31.1 Å². The Hall–Kier alpha value is -3.90. The summed E-state index contributed by atoms with van der Waals surface area (Å²) in [5.74, 6) is -3.51. The molecule has 0 saturated carbocycles. The number of hydrogen-bond acceptors (Lipinski definition) is 5. The SMILES string of the molecule is C[C@]1(c2cccc3ccccc23)NC(=O)N(CC(=O)N2CCN(S(=O)(=O)c3ccc(F)c(F)c3)CC2)C1=O. The third-order valence-corrected chi connectivity index (χ3v) is 8.91. The third-order valence-electron chi connectivity index (χ3n) is 7.02. The predicted molar refractivity (Wildman–Crippen MR) is 133 cm³/mol. The second kappa shape index (κ2) is 9.44. The molecule has 198 valence electrons. The number of imide groups is 1. The van der Waals surface area contributed by atoms with Crippen molar-refractivity contribution in [3.8, 4) is 0 Å². The zero-order chi connectivity index (χ0) is 27.2. The third kappa shape index (κ3) is 4.29. The number of urea groups is 1. The van der Waals surface area contributed by atoms with Crippen molar-refractivity contribution in [3.05, 3.63) is 77.9 Å². The minimum atomic E-state index is -4.09. The van der Waals surface area contributed by atoms with Crippen LogP contribution in [0.4, 0.5) is 13.6 Å². The Morgan fingerprint density at radius 1 is 0.947 bits per heavy atom. The topological polar surface area (TPSA) is 107 Å². The van der Waals surface area contributed by atoms with Gasteiger partial charge in [-0.05, 0) is 41.5 Å². The van der Waals surface area contributed by atoms with Crippen molar-refractivity contribution in [2.45, 2.75) is 17.4 Å². The van der Waals surface area contributed by atoms with Gasteiger partial charge in [0.05, 0.1) is 4.90 Å². The van der Waals surface area contributed by atoms with Crippen molar-refractivity contribution < 1.29 is 31.6 Å². The molecule has 1 N–H and O–H groups in total. The normalized spacial score (nSPS) is 20.7. The number of carbonyl (C=O) groups is 3. The molecule has 2 fully saturated rings. The number of halogens is 2. The second-order valence-electron chi connectivity index (χ2n) is 9.33. The number of fused-ring (bicyclic) bond motifs is 1. The van der Waals surface area contributed by atoms with Crippen molar-refractivity contribution in [2.24, 2.45) is 0 Å². The van der Waals surface area contributed by atoms with Crippen molar-refractivity contribution in [2.75, 3.05) is 32.7 Å². The fraction of sp³-hybridized carbons (Fsp3) is 0.269. The van der Waals surface area contributed by atoms with Crippen LogP contribution in [0.5, 0.6) is 0 Å². The van der Waals surface area contributed by atoms with Crippen LogP contribution in [0.15, 0.2) is 65.6 Å². The number of sulfonamides is 1. The van der Waals surface area contributed by atoms with Gasteiger partial charge >= 0.3 is 6.03 Å². The minimum Gasteiger partial charge on any atom is -0.338 e. The molecular weight excluding hydrogens is 518 g/mol. The van der Waals surface area contributed by atoms with Gasteiger partial charge < -0.3 is 10.2 Å². The maximum absolute atomic E-state index is 13.6. The fourth-order valence-corrected chi connectivity index (χ4v) is 6.32. The molecular formula is C26H24F2N4O5S. The number of rotatable bonds is 5. The molecule has 0 spiro atoms. The molecule has 3 aromatic rings. The van der Waals surface area contributed by atoms with E-state index >= 15 is 0 Å². The molecule has 2 aliphatic rings. The van der Waals surface area contributed by atoms with Gasteiger partial charge in [0.25, 0.3) is 5.91 Å². The zero-order valence-electron chi connectivity index (χ0n) is 20.4. The molecule has 4 amide bonds. The van der Waals surface area contributed by atoms with E-state index in [0.717, 1.165) is 32.1 Å². The summed E-state index contributed by atoms with van der Waals surface area (Å²) in [6.45, 7) is 0.947. The Labute approximate surface area is 217 Å². The van der Waals surface area contributed by atoms with Gasteiger partial charge in [-0.15, -0.1) is 0 Å². The van der Waals surface area contributed by atoms with E-state index in [1.54, 1.807) is 19.1 Å². The maximum Gasteiger partial charge on any atom is 0.325 e. The van der Waals surface area contributed by atoms with Gasteiger partial charge in [-0.25, -0.2) is 22.0 Å². The molecule has 0 bridgehead atoms. The summed E-state index contributed by atoms with van der Waals surface area (Å²) in [6, 6.07) is 14.6. The van der Waals surface area contributed by atoms with Gasteiger partial charge in [0.1, 0.15) is 12.1 Å². The van der Waals surface area contributed by atoms with E-state index in [2.05, 4.69) is 5.32 Å². The van der Waals surface area contributed by atoms with E-state index in [4.69, 9.17) is 0 Å². The highest BCUT2D eigenvalue weighted by Crippen LogP contribution is 2.34. The number of carbonyl (C=O) groups excluding carboxylic acids is 3. The molecule has 12 heteroatoms. The molecule has 2 aliphatic heterocycles. The van der Waals surface area contributed by atoms with Crippen LogP contribution >= 0.6 is 0 Å². The van der Waals surface area contributed by atoms with Gasteiger partial charge in [0.15, 0.2) is 11.6 Å². The Morgan fingerprint density at radius 3 is 2.34 bits per heavy atom. The molecule has 0 aliphatic carbocycles. The van der Waals surface area contributed by atoms with Crippen LogP contribution in [0.25, 0.3) is 10.8 Å². The minimum absolute atomic E-state index is 0.00593. The summed E-state index contributed by atoms with van der Waals surface area (Å²) in [5.41, 5.74) is -0.755. The monoisotopic (exact) mass is 542 g/mol. The lowest BCUT2D eigenvalue weighted by Crippen LogP contribution is -2.53. The first-order valence-corrected chi connectivity index (χ1v) is 13.3. The summed E-state index contributed by atoms with van der Waals surface area (Å²) in [5, 5.41) is 4.43. The largest absolute Gasteiger partial charge is 0.338 e. The van der Waals surface area contributed by atoms with Crippen LogP contribution < -0.4 is 5.32 Å². The molecule has 1 atom stereocenters. The van der Waals surface area contributed by atoms with Gasteiger partial charge in [-0.3, -0.25) is 14.5 Å². The quantitative estimate of drug-likeness (QED) is 0.499. The number of amides is 4. The first-order chi connectivity index (χ1) is 18.0. The first-order valence-electron chi connectivity index (χ1n) is 11.9. The summed E-state index contributed by atoms with van der Waals surface area (Å²) < 4.78 is 53.5. The lowest BCUT2D eigenvalue weighted by molar-refractivity contribution is -0.139. The Bertz CT molecular complexity index is 1570. The molecule has 9 nitrogen and oxygen atoms in total. The molecule has 0 aromatic heterocycles. The molecule has 2 heterocycles. The molecule has 3 aromatic carbocycles. The van der Waals surface area contributed by atoms with Gasteiger partial charge in [-0.2, -0.15) is 4.31 Å². The van der Waals surface area contributed by atoms with Crippen molar-refractivity contribution in [3.63, 3.8) is 0 Å². The van der Waals surface area contributed by atoms with E-state index in [0.29, 0.717) is 11.6 Å². The number of nitrogens with one attached hydrogen (secondary N) is 1. The summed E-state index contributed by atoms with van der Waals surface area (Å²) in [4.78, 5) is 41.1. The number of nitrogens with zero attached hydrogens (tertiary/aromatic N) is 3. The molecule has 38 heavy (non-hydrogen) atoms. The summed E-state index contributed by atoms with van der Waals surface area (Å²) in [6.07, 6.45) is 0. The van der Waals surface area contributed by atoms with Crippen LogP contribution in [-0.4, -0.2) is 73.1 Å². The van der Waals surface area contributed by atoms with Gasteiger partial charge in [0, 0.05) is 26.2 Å². The Kier molecular flexibility index (Phi) is 6.40. The molecule has 0 unspecified atom stereocenters. The van der Waals surface area contributed by atoms with Crippen molar-refractivity contribution in [1.82, 2.24) is 19.4 Å². The van der Waals surface area contributed by atoms with Crippen LogP contribution in [0.2, 0.25) is 0 Å². The van der Waals surface area contributed by atoms with Crippen LogP contribution in [0.3, 0.4) is 0 Å². The van der Waals surface area contributed by atoms with Crippen LogP contribution in [-0.2, 0) is 25.2 Å². The Balaban J connectivity index is 1.27. The van der Waals surface area contributed by atoms with Crippen molar-refractivity contribution in [1.29, 1.82) is 0 Å². The van der Waals surface area contributed by atoms with Crippen LogP contribution in [0, 0.1) is 11.6 Å². The average molecular weight is 543 g/mol. The van der Waals surface area contributed by atoms with E-state index < -0.39 is 51.6 Å². The summed E-state index contributed by atoms with van der Waals surface area (Å²) in [7, 11) is -4.09. The van der Waals surface area contributed by atoms with Gasteiger partial charge in [0.2, 0.25) is 15.9 Å². The highest BCUT2D eigenvalue weighted by atomic mass is 32.2. The van der Waals surface area contributed by atoms with Crippen LogP contribution in [0.1, 0.15) is 12.5 Å². The zero-order valence-corrected chi connectivity index (χ0v) is 21.2. The lowest BCUT2D eigenvalue weighted by Gasteiger charge is -2.34. The van der Waals surface area contributed by atoms with Gasteiger partial charge in [-0.1, -0.05) is 42.5 Å². The smallest absolute Gasteiger partial charge is 0.325 e. The molecule has 0 radical (unpaired) electrons. The lowest BCUT2D eigenvalue weighted by atomic mass is 9.88. The maximum atomic E-state index is 13.6. The number of piperazine rings is 1. The Morgan fingerprint density at radius 2 is 1.63 bits per heavy atom. The number of hydrogen-bond donors (Lipinski definition) is 1. The van der Waals surface area contributed by atoms with E-state index in [9.17, 15) is 31.6 Å². The average Bonchev–Trinajstić information content (AvgIpc) is 3.13. The van der Waals surface area contributed by atoms with Crippen molar-refractivity contribution >= 4 is 38.6 Å². The first kappa shape index (κ1) is 25.7. The van der Waals surface area contributed by atoms with E-state index in [1.807, 2.05) is 30.3 Å². The molecule has 2 saturated heterocycles. The van der Waals surface area contributed by atoms with E-state index in [1.165, 1.54) is 4.90 Å². The second-order valence-corrected chi connectivity index (χ2v) is 11.3. The predicted octanol–water partition coefficient (Wildman–Crippen LogP) is 2.42. The standard InChI is InChI=1S/C26H24F2N4O5S/c1-26(20-8-4-6-17-5-2-3-7-19(17)20)24(34)32(25(35)29-26)16-23(33)30-11-13-31(14-12-30)38(36,37)18-9-10-21(27)22(28)15-18/h2-10,15H,11-14,16H2,1H3,(H,29,35)/t26-/m1/s1. The number of benzene rings is 3. The highest BCUT2D eigenvalue weighted by molar-refractivity contribution is 7.89. The molecule has 5 rings (SSSR count).